The summed E-state index contributed by atoms with van der Waals surface area (Å²) in [6.07, 6.45) is 7.40. The topological polar surface area (TPSA) is 24.9 Å². The predicted octanol–water partition coefficient (Wildman–Crippen LogP) is 3.47. The van der Waals surface area contributed by atoms with E-state index in [1.165, 1.54) is 42.8 Å². The molecule has 1 aromatic rings. The largest absolute Gasteiger partial charge is 0.309 e. The van der Waals surface area contributed by atoms with E-state index in [1.54, 1.807) is 4.88 Å². The quantitative estimate of drug-likeness (QED) is 0.849. The summed E-state index contributed by atoms with van der Waals surface area (Å²) in [6, 6.07) is 0.533. The summed E-state index contributed by atoms with van der Waals surface area (Å²) in [7, 11) is 0. The summed E-state index contributed by atoms with van der Waals surface area (Å²) >= 11 is 1.95. The molecule has 0 aliphatic heterocycles. The van der Waals surface area contributed by atoms with Crippen LogP contribution in [0.5, 0.6) is 0 Å². The van der Waals surface area contributed by atoms with Crippen LogP contribution >= 0.6 is 11.3 Å². The van der Waals surface area contributed by atoms with Gasteiger partial charge in [0, 0.05) is 4.88 Å². The molecular formula is C13H22N2S. The van der Waals surface area contributed by atoms with E-state index in [0.717, 1.165) is 13.0 Å². The van der Waals surface area contributed by atoms with Gasteiger partial charge in [0.05, 0.1) is 16.7 Å². The standard InChI is InChI=1S/C13H22N2S/c1-3-6-12-15-13-10(14-9-4-2)7-5-8-11(13)16-12/h10,14H,3-9H2,1-2H3. The molecule has 90 valence electrons. The number of aromatic nitrogens is 1. The van der Waals surface area contributed by atoms with Gasteiger partial charge in [-0.05, 0) is 45.1 Å². The minimum absolute atomic E-state index is 0.533. The highest BCUT2D eigenvalue weighted by Gasteiger charge is 2.23. The molecule has 0 saturated carbocycles. The van der Waals surface area contributed by atoms with E-state index < -0.39 is 0 Å². The molecule has 1 atom stereocenters. The fourth-order valence-electron chi connectivity index (χ4n) is 2.31. The van der Waals surface area contributed by atoms with Crippen molar-refractivity contribution in [3.05, 3.63) is 15.6 Å². The van der Waals surface area contributed by atoms with Gasteiger partial charge in [0.25, 0.3) is 0 Å². The van der Waals surface area contributed by atoms with Crippen LogP contribution in [0.1, 0.15) is 61.2 Å². The van der Waals surface area contributed by atoms with Gasteiger partial charge >= 0.3 is 0 Å². The third kappa shape index (κ3) is 2.64. The van der Waals surface area contributed by atoms with Gasteiger partial charge < -0.3 is 5.32 Å². The average molecular weight is 238 g/mol. The molecule has 0 aromatic carbocycles. The van der Waals surface area contributed by atoms with Crippen LogP contribution in [0.4, 0.5) is 0 Å². The van der Waals surface area contributed by atoms with Crippen molar-refractivity contribution in [2.24, 2.45) is 0 Å². The zero-order valence-corrected chi connectivity index (χ0v) is 11.2. The molecular weight excluding hydrogens is 216 g/mol. The predicted molar refractivity (Wildman–Crippen MR) is 70.1 cm³/mol. The Bertz CT molecular complexity index is 333. The van der Waals surface area contributed by atoms with Crippen molar-refractivity contribution in [1.29, 1.82) is 0 Å². The van der Waals surface area contributed by atoms with Crippen molar-refractivity contribution in [2.45, 2.75) is 58.4 Å². The fourth-order valence-corrected chi connectivity index (χ4v) is 3.58. The van der Waals surface area contributed by atoms with E-state index in [4.69, 9.17) is 4.98 Å². The van der Waals surface area contributed by atoms with Crippen LogP contribution in [0.15, 0.2) is 0 Å². The van der Waals surface area contributed by atoms with Crippen molar-refractivity contribution < 1.29 is 0 Å². The van der Waals surface area contributed by atoms with Crippen LogP contribution in [-0.4, -0.2) is 11.5 Å². The molecule has 2 nitrogen and oxygen atoms in total. The molecule has 1 N–H and O–H groups in total. The normalized spacial score (nSPS) is 19.8. The zero-order valence-electron chi connectivity index (χ0n) is 10.4. The van der Waals surface area contributed by atoms with E-state index in [-0.39, 0.29) is 0 Å². The first-order chi connectivity index (χ1) is 7.85. The number of rotatable bonds is 5. The lowest BCUT2D eigenvalue weighted by Gasteiger charge is -2.22. The minimum atomic E-state index is 0.533. The van der Waals surface area contributed by atoms with Crippen LogP contribution in [0.2, 0.25) is 0 Å². The summed E-state index contributed by atoms with van der Waals surface area (Å²) < 4.78 is 0. The number of nitrogens with one attached hydrogen (secondary N) is 1. The third-order valence-electron chi connectivity index (χ3n) is 3.10. The van der Waals surface area contributed by atoms with Crippen molar-refractivity contribution >= 4 is 11.3 Å². The molecule has 0 radical (unpaired) electrons. The molecule has 16 heavy (non-hydrogen) atoms. The molecule has 1 heterocycles. The second-order valence-corrected chi connectivity index (χ2v) is 5.73. The zero-order chi connectivity index (χ0) is 11.4. The maximum atomic E-state index is 4.83. The van der Waals surface area contributed by atoms with E-state index in [9.17, 15) is 0 Å². The second-order valence-electron chi connectivity index (χ2n) is 4.56. The van der Waals surface area contributed by atoms with Crippen LogP contribution in [0.3, 0.4) is 0 Å². The molecule has 0 saturated heterocycles. The number of nitrogens with zero attached hydrogens (tertiary/aromatic N) is 1. The number of hydrogen-bond donors (Lipinski definition) is 1. The maximum absolute atomic E-state index is 4.83. The molecule has 1 aliphatic carbocycles. The van der Waals surface area contributed by atoms with Gasteiger partial charge in [-0.2, -0.15) is 0 Å². The van der Waals surface area contributed by atoms with Crippen LogP contribution < -0.4 is 5.32 Å². The summed E-state index contributed by atoms with van der Waals surface area (Å²) in [5.74, 6) is 0. The fraction of sp³-hybridized carbons (Fsp3) is 0.769. The molecule has 2 rings (SSSR count). The van der Waals surface area contributed by atoms with Gasteiger partial charge in [0.1, 0.15) is 0 Å². The Morgan fingerprint density at radius 2 is 2.25 bits per heavy atom. The smallest absolute Gasteiger partial charge is 0.0931 e. The van der Waals surface area contributed by atoms with Crippen molar-refractivity contribution in [1.82, 2.24) is 10.3 Å². The van der Waals surface area contributed by atoms with Crippen molar-refractivity contribution in [3.8, 4) is 0 Å². The van der Waals surface area contributed by atoms with Crippen molar-refractivity contribution in [2.75, 3.05) is 6.54 Å². The van der Waals surface area contributed by atoms with Gasteiger partial charge in [-0.1, -0.05) is 13.8 Å². The Morgan fingerprint density at radius 1 is 1.38 bits per heavy atom. The SMILES string of the molecule is CCCNC1CCCc2sc(CCC)nc21. The van der Waals surface area contributed by atoms with Gasteiger partial charge in [0.15, 0.2) is 0 Å². The number of fused-ring (bicyclic) bond motifs is 1. The highest BCUT2D eigenvalue weighted by Crippen LogP contribution is 2.33. The lowest BCUT2D eigenvalue weighted by atomic mass is 9.97. The Kier molecular flexibility index (Phi) is 4.36. The van der Waals surface area contributed by atoms with Gasteiger partial charge in [-0.25, -0.2) is 4.98 Å². The molecule has 3 heteroatoms. The second kappa shape index (κ2) is 5.78. The monoisotopic (exact) mass is 238 g/mol. The van der Waals surface area contributed by atoms with Gasteiger partial charge in [-0.15, -0.1) is 11.3 Å². The molecule has 1 aromatic heterocycles. The number of aryl methyl sites for hydroxylation is 2. The Hall–Kier alpha value is -0.410. The first-order valence-corrected chi connectivity index (χ1v) is 7.38. The minimum Gasteiger partial charge on any atom is -0.309 e. The van der Waals surface area contributed by atoms with E-state index >= 15 is 0 Å². The van der Waals surface area contributed by atoms with Crippen LogP contribution in [0, 0.1) is 0 Å². The summed E-state index contributed by atoms with van der Waals surface area (Å²) in [4.78, 5) is 6.38. The van der Waals surface area contributed by atoms with Gasteiger partial charge in [-0.3, -0.25) is 0 Å². The van der Waals surface area contributed by atoms with E-state index in [0.29, 0.717) is 6.04 Å². The summed E-state index contributed by atoms with van der Waals surface area (Å²) in [5, 5.41) is 4.97. The first kappa shape index (κ1) is 12.1. The highest BCUT2D eigenvalue weighted by atomic mass is 32.1. The third-order valence-corrected chi connectivity index (χ3v) is 4.29. The number of thiazole rings is 1. The molecule has 0 amide bonds. The lowest BCUT2D eigenvalue weighted by Crippen LogP contribution is -2.25. The molecule has 1 aliphatic rings. The molecule has 1 unspecified atom stereocenters. The first-order valence-electron chi connectivity index (χ1n) is 6.57. The van der Waals surface area contributed by atoms with Crippen LogP contribution in [-0.2, 0) is 12.8 Å². The average Bonchev–Trinajstić information content (AvgIpc) is 2.69. The molecule has 0 fully saturated rings. The molecule has 0 spiro atoms. The van der Waals surface area contributed by atoms with E-state index in [1.807, 2.05) is 11.3 Å². The molecule has 0 bridgehead atoms. The maximum Gasteiger partial charge on any atom is 0.0931 e. The lowest BCUT2D eigenvalue weighted by molar-refractivity contribution is 0.453. The Morgan fingerprint density at radius 3 is 3.00 bits per heavy atom. The number of hydrogen-bond acceptors (Lipinski definition) is 3. The Labute approximate surface area is 102 Å². The van der Waals surface area contributed by atoms with Gasteiger partial charge in [0.2, 0.25) is 0 Å². The van der Waals surface area contributed by atoms with Crippen molar-refractivity contribution in [3.63, 3.8) is 0 Å². The highest BCUT2D eigenvalue weighted by molar-refractivity contribution is 7.11. The summed E-state index contributed by atoms with van der Waals surface area (Å²) in [6.45, 7) is 5.57. The van der Waals surface area contributed by atoms with E-state index in [2.05, 4.69) is 19.2 Å². The summed E-state index contributed by atoms with van der Waals surface area (Å²) in [5.41, 5.74) is 1.37. The Balaban J connectivity index is 2.10. The van der Waals surface area contributed by atoms with Crippen LogP contribution in [0.25, 0.3) is 0 Å².